The number of esters is 1. The van der Waals surface area contributed by atoms with E-state index in [1.165, 1.54) is 12.8 Å². The summed E-state index contributed by atoms with van der Waals surface area (Å²) >= 11 is 0. The summed E-state index contributed by atoms with van der Waals surface area (Å²) in [6.45, 7) is 9.77. The van der Waals surface area contributed by atoms with E-state index in [1.54, 1.807) is 14.2 Å². The number of guanidine groups is 1. The van der Waals surface area contributed by atoms with E-state index in [1.807, 2.05) is 12.1 Å². The molecule has 2 aliphatic heterocycles. The number of piperazine rings is 1. The van der Waals surface area contributed by atoms with Crippen LogP contribution in [0.4, 0.5) is 5.69 Å². The number of carbonyl (C=O) groups is 1. The van der Waals surface area contributed by atoms with Crippen LogP contribution in [0.2, 0.25) is 0 Å². The average Bonchev–Trinajstić information content (AvgIpc) is 3.20. The lowest BCUT2D eigenvalue weighted by atomic mass is 9.99. The molecule has 1 aromatic rings. The van der Waals surface area contributed by atoms with Crippen molar-refractivity contribution in [3.63, 3.8) is 0 Å². The first kappa shape index (κ1) is 23.2. The SMILES string of the molecule is CN=C(NCCCN1CCN(c2ccc(OC)cc2)CC1)N1CC(C)C(C(=O)OC)C1. The zero-order valence-corrected chi connectivity index (χ0v) is 19.3. The van der Waals surface area contributed by atoms with Crippen LogP contribution in [0.5, 0.6) is 5.75 Å². The van der Waals surface area contributed by atoms with Crippen molar-refractivity contribution in [3.05, 3.63) is 24.3 Å². The average molecular weight is 432 g/mol. The molecule has 2 fully saturated rings. The van der Waals surface area contributed by atoms with E-state index in [9.17, 15) is 4.79 Å². The van der Waals surface area contributed by atoms with Gasteiger partial charge in [-0.2, -0.15) is 0 Å². The fraction of sp³-hybridized carbons (Fsp3) is 0.652. The Balaban J connectivity index is 1.35. The van der Waals surface area contributed by atoms with E-state index in [2.05, 4.69) is 44.1 Å². The molecular weight excluding hydrogens is 394 g/mol. The monoisotopic (exact) mass is 431 g/mol. The molecule has 2 atom stereocenters. The minimum Gasteiger partial charge on any atom is -0.497 e. The summed E-state index contributed by atoms with van der Waals surface area (Å²) in [6.07, 6.45) is 1.06. The number of benzene rings is 1. The Kier molecular flexibility index (Phi) is 8.40. The normalized spacial score (nSPS) is 22.5. The molecule has 0 bridgehead atoms. The zero-order chi connectivity index (χ0) is 22.2. The molecule has 0 spiro atoms. The second-order valence-electron chi connectivity index (χ2n) is 8.37. The Morgan fingerprint density at radius 3 is 2.45 bits per heavy atom. The molecule has 0 aromatic heterocycles. The third-order valence-electron chi connectivity index (χ3n) is 6.37. The molecule has 2 aliphatic rings. The highest BCUT2D eigenvalue weighted by molar-refractivity contribution is 5.82. The first-order valence-electron chi connectivity index (χ1n) is 11.2. The van der Waals surface area contributed by atoms with Crippen molar-refractivity contribution in [3.8, 4) is 5.75 Å². The number of hydrogen-bond donors (Lipinski definition) is 1. The number of ether oxygens (including phenoxy) is 2. The Morgan fingerprint density at radius 2 is 1.84 bits per heavy atom. The van der Waals surface area contributed by atoms with Gasteiger partial charge in [-0.15, -0.1) is 0 Å². The van der Waals surface area contributed by atoms with E-state index in [0.717, 1.165) is 63.9 Å². The van der Waals surface area contributed by atoms with Crippen LogP contribution in [0, 0.1) is 11.8 Å². The minimum absolute atomic E-state index is 0.0782. The number of anilines is 1. The maximum absolute atomic E-state index is 11.9. The molecule has 8 heteroatoms. The number of nitrogens with zero attached hydrogens (tertiary/aromatic N) is 4. The third kappa shape index (κ3) is 6.03. The lowest BCUT2D eigenvalue weighted by molar-refractivity contribution is -0.145. The van der Waals surface area contributed by atoms with E-state index < -0.39 is 0 Å². The predicted octanol–water partition coefficient (Wildman–Crippen LogP) is 1.52. The van der Waals surface area contributed by atoms with Crippen LogP contribution in [0.25, 0.3) is 0 Å². The fourth-order valence-electron chi connectivity index (χ4n) is 4.46. The summed E-state index contributed by atoms with van der Waals surface area (Å²) in [5.41, 5.74) is 1.26. The lowest BCUT2D eigenvalue weighted by Gasteiger charge is -2.36. The van der Waals surface area contributed by atoms with Crippen molar-refractivity contribution in [2.75, 3.05) is 78.5 Å². The van der Waals surface area contributed by atoms with Crippen LogP contribution in [-0.4, -0.2) is 95.4 Å². The Labute approximate surface area is 186 Å². The van der Waals surface area contributed by atoms with E-state index >= 15 is 0 Å². The second-order valence-corrected chi connectivity index (χ2v) is 8.37. The molecule has 0 radical (unpaired) electrons. The summed E-state index contributed by atoms with van der Waals surface area (Å²) < 4.78 is 10.2. The summed E-state index contributed by atoms with van der Waals surface area (Å²) in [6, 6.07) is 8.31. The van der Waals surface area contributed by atoms with Gasteiger partial charge in [0.25, 0.3) is 0 Å². The van der Waals surface area contributed by atoms with E-state index in [0.29, 0.717) is 6.54 Å². The lowest BCUT2D eigenvalue weighted by Crippen LogP contribution is -2.47. The fourth-order valence-corrected chi connectivity index (χ4v) is 4.46. The van der Waals surface area contributed by atoms with E-state index in [-0.39, 0.29) is 17.8 Å². The molecule has 1 aromatic carbocycles. The molecule has 0 saturated carbocycles. The molecule has 172 valence electrons. The van der Waals surface area contributed by atoms with Gasteiger partial charge in [0.05, 0.1) is 20.1 Å². The van der Waals surface area contributed by atoms with E-state index in [4.69, 9.17) is 9.47 Å². The van der Waals surface area contributed by atoms with Crippen molar-refractivity contribution in [2.45, 2.75) is 13.3 Å². The quantitative estimate of drug-likeness (QED) is 0.304. The molecule has 0 aliphatic carbocycles. The van der Waals surface area contributed by atoms with Gasteiger partial charge in [-0.1, -0.05) is 6.92 Å². The highest BCUT2D eigenvalue weighted by Crippen LogP contribution is 2.24. The third-order valence-corrected chi connectivity index (χ3v) is 6.37. The molecule has 2 heterocycles. The van der Waals surface area contributed by atoms with Gasteiger partial charge in [-0.3, -0.25) is 14.7 Å². The van der Waals surface area contributed by atoms with Crippen LogP contribution in [0.1, 0.15) is 13.3 Å². The molecular formula is C23H37N5O3. The first-order chi connectivity index (χ1) is 15.0. The summed E-state index contributed by atoms with van der Waals surface area (Å²) in [5, 5.41) is 3.47. The summed E-state index contributed by atoms with van der Waals surface area (Å²) in [5.74, 6) is 1.84. The minimum atomic E-state index is -0.126. The van der Waals surface area contributed by atoms with Gasteiger partial charge in [-0.25, -0.2) is 0 Å². The van der Waals surface area contributed by atoms with Gasteiger partial charge in [0.15, 0.2) is 5.96 Å². The second kappa shape index (κ2) is 11.2. The van der Waals surface area contributed by atoms with Crippen LogP contribution in [-0.2, 0) is 9.53 Å². The molecule has 0 amide bonds. The highest BCUT2D eigenvalue weighted by atomic mass is 16.5. The first-order valence-corrected chi connectivity index (χ1v) is 11.2. The van der Waals surface area contributed by atoms with Gasteiger partial charge in [0, 0.05) is 58.5 Å². The topological polar surface area (TPSA) is 69.6 Å². The smallest absolute Gasteiger partial charge is 0.310 e. The molecule has 2 unspecified atom stereocenters. The van der Waals surface area contributed by atoms with Gasteiger partial charge < -0.3 is 24.6 Å². The number of hydrogen-bond acceptors (Lipinski definition) is 6. The Bertz CT molecular complexity index is 731. The van der Waals surface area contributed by atoms with Crippen molar-refractivity contribution < 1.29 is 14.3 Å². The summed E-state index contributed by atoms with van der Waals surface area (Å²) in [7, 11) is 4.96. The van der Waals surface area contributed by atoms with Gasteiger partial charge in [0.2, 0.25) is 0 Å². The number of methoxy groups -OCH3 is 2. The highest BCUT2D eigenvalue weighted by Gasteiger charge is 2.36. The Hall–Kier alpha value is -2.48. The molecule has 8 nitrogen and oxygen atoms in total. The van der Waals surface area contributed by atoms with Gasteiger partial charge in [0.1, 0.15) is 5.75 Å². The molecule has 3 rings (SSSR count). The van der Waals surface area contributed by atoms with Crippen LogP contribution < -0.4 is 15.0 Å². The van der Waals surface area contributed by atoms with Crippen molar-refractivity contribution >= 4 is 17.6 Å². The number of rotatable bonds is 7. The van der Waals surface area contributed by atoms with Crippen LogP contribution in [0.3, 0.4) is 0 Å². The maximum Gasteiger partial charge on any atom is 0.310 e. The van der Waals surface area contributed by atoms with Crippen LogP contribution in [0.15, 0.2) is 29.3 Å². The Morgan fingerprint density at radius 1 is 1.13 bits per heavy atom. The van der Waals surface area contributed by atoms with Crippen molar-refractivity contribution in [1.29, 1.82) is 0 Å². The van der Waals surface area contributed by atoms with Crippen molar-refractivity contribution in [2.24, 2.45) is 16.8 Å². The van der Waals surface area contributed by atoms with Gasteiger partial charge in [-0.05, 0) is 43.1 Å². The van der Waals surface area contributed by atoms with Crippen LogP contribution >= 0.6 is 0 Å². The maximum atomic E-state index is 11.9. The standard InChI is InChI=1S/C23H37N5O3/c1-18-16-28(17-21(18)22(29)31-4)23(24-2)25-10-5-11-26-12-14-27(15-13-26)19-6-8-20(30-3)9-7-19/h6-9,18,21H,5,10-17H2,1-4H3,(H,24,25). The van der Waals surface area contributed by atoms with Crippen molar-refractivity contribution in [1.82, 2.24) is 15.1 Å². The zero-order valence-electron chi connectivity index (χ0n) is 19.3. The van der Waals surface area contributed by atoms with Gasteiger partial charge >= 0.3 is 5.97 Å². The summed E-state index contributed by atoms with van der Waals surface area (Å²) in [4.78, 5) is 23.5. The number of carbonyl (C=O) groups excluding carboxylic acids is 1. The molecule has 31 heavy (non-hydrogen) atoms. The molecule has 1 N–H and O–H groups in total. The number of nitrogens with one attached hydrogen (secondary N) is 1. The largest absolute Gasteiger partial charge is 0.497 e. The molecule has 2 saturated heterocycles. The predicted molar refractivity (Wildman–Crippen MR) is 124 cm³/mol. The number of likely N-dealkylation sites (tertiary alicyclic amines) is 1. The number of aliphatic imine (C=N–C) groups is 1.